The van der Waals surface area contributed by atoms with E-state index >= 15 is 0 Å². The molecule has 0 aliphatic heterocycles. The van der Waals surface area contributed by atoms with E-state index in [0.29, 0.717) is 22.0 Å². The molecule has 3 aromatic rings. The zero-order chi connectivity index (χ0) is 24.7. The lowest BCUT2D eigenvalue weighted by atomic mass is 9.95. The fraction of sp³-hybridized carbons (Fsp3) is 0.222. The third kappa shape index (κ3) is 6.93. The highest BCUT2D eigenvalue weighted by Gasteiger charge is 2.22. The first kappa shape index (κ1) is 25.0. The molecule has 0 aliphatic carbocycles. The highest BCUT2D eigenvalue weighted by atomic mass is 35.5. The van der Waals surface area contributed by atoms with Crippen molar-refractivity contribution in [3.8, 4) is 0 Å². The Bertz CT molecular complexity index is 1170. The van der Waals surface area contributed by atoms with Crippen molar-refractivity contribution in [1.29, 1.82) is 0 Å². The van der Waals surface area contributed by atoms with Gasteiger partial charge in [0.2, 0.25) is 11.8 Å². The minimum atomic E-state index is -0.561. The van der Waals surface area contributed by atoms with E-state index in [1.807, 2.05) is 51.1 Å². The number of amides is 3. The first-order valence-electron chi connectivity index (χ1n) is 10.9. The molecule has 0 radical (unpaired) electrons. The van der Waals surface area contributed by atoms with E-state index in [1.165, 1.54) is 0 Å². The second kappa shape index (κ2) is 11.0. The number of hydrogen-bond donors (Lipinski definition) is 3. The van der Waals surface area contributed by atoms with Crippen LogP contribution in [0.2, 0.25) is 5.02 Å². The molecule has 0 aliphatic rings. The van der Waals surface area contributed by atoms with Gasteiger partial charge < -0.3 is 16.0 Å². The summed E-state index contributed by atoms with van der Waals surface area (Å²) in [5, 5.41) is 8.96. The van der Waals surface area contributed by atoms with Crippen LogP contribution in [0.25, 0.3) is 0 Å². The van der Waals surface area contributed by atoms with Crippen molar-refractivity contribution in [2.45, 2.75) is 33.2 Å². The number of carbonyl (C=O) groups is 3. The average Bonchev–Trinajstić information content (AvgIpc) is 2.79. The largest absolute Gasteiger partial charge is 0.345 e. The maximum Gasteiger partial charge on any atom is 0.253 e. The molecule has 3 N–H and O–H groups in total. The standard InChI is InChI=1S/C27H28ClN3O3/c1-27(2,3)26(34)30-20-13-9-12-19(16-20)29-24(32)17-23(18-10-5-4-6-11-18)31-25(33)21-14-7-8-15-22(21)28/h4-16,23H,17H2,1-3H3,(H,29,32)(H,30,34)(H,31,33). The van der Waals surface area contributed by atoms with Gasteiger partial charge in [-0.2, -0.15) is 0 Å². The van der Waals surface area contributed by atoms with Crippen molar-refractivity contribution in [3.05, 3.63) is 95.0 Å². The minimum absolute atomic E-state index is 0.0127. The second-order valence-corrected chi connectivity index (χ2v) is 9.36. The maximum absolute atomic E-state index is 12.9. The van der Waals surface area contributed by atoms with Gasteiger partial charge in [0, 0.05) is 16.8 Å². The normalized spacial score (nSPS) is 11.9. The number of halogens is 1. The van der Waals surface area contributed by atoms with Crippen LogP contribution in [0, 0.1) is 5.41 Å². The van der Waals surface area contributed by atoms with Gasteiger partial charge in [-0.15, -0.1) is 0 Å². The van der Waals surface area contributed by atoms with Gasteiger partial charge in [-0.05, 0) is 35.9 Å². The van der Waals surface area contributed by atoms with E-state index in [1.54, 1.807) is 48.5 Å². The second-order valence-electron chi connectivity index (χ2n) is 8.95. The Labute approximate surface area is 204 Å². The Hall–Kier alpha value is -3.64. The summed E-state index contributed by atoms with van der Waals surface area (Å²) >= 11 is 6.17. The zero-order valence-corrected chi connectivity index (χ0v) is 20.1. The molecular weight excluding hydrogens is 450 g/mol. The summed E-state index contributed by atoms with van der Waals surface area (Å²) in [4.78, 5) is 38.0. The number of anilines is 2. The van der Waals surface area contributed by atoms with Crippen LogP contribution in [0.15, 0.2) is 78.9 Å². The van der Waals surface area contributed by atoms with Gasteiger partial charge in [-0.25, -0.2) is 0 Å². The Morgan fingerprint density at radius 2 is 1.44 bits per heavy atom. The Morgan fingerprint density at radius 3 is 2.09 bits per heavy atom. The summed E-state index contributed by atoms with van der Waals surface area (Å²) < 4.78 is 0. The highest BCUT2D eigenvalue weighted by molar-refractivity contribution is 6.33. The molecule has 3 amide bonds. The molecule has 7 heteroatoms. The van der Waals surface area contributed by atoms with Crippen LogP contribution in [0.5, 0.6) is 0 Å². The molecular formula is C27H28ClN3O3. The number of nitrogens with one attached hydrogen (secondary N) is 3. The van der Waals surface area contributed by atoms with Crippen molar-refractivity contribution < 1.29 is 14.4 Å². The van der Waals surface area contributed by atoms with Gasteiger partial charge in [0.1, 0.15) is 0 Å². The van der Waals surface area contributed by atoms with Crippen molar-refractivity contribution in [2.75, 3.05) is 10.6 Å². The van der Waals surface area contributed by atoms with Gasteiger partial charge in [0.05, 0.1) is 23.0 Å². The van der Waals surface area contributed by atoms with Crippen LogP contribution in [0.1, 0.15) is 49.2 Å². The monoisotopic (exact) mass is 477 g/mol. The maximum atomic E-state index is 12.9. The third-order valence-corrected chi connectivity index (χ3v) is 5.43. The lowest BCUT2D eigenvalue weighted by Crippen LogP contribution is -2.31. The van der Waals surface area contributed by atoms with Crippen molar-refractivity contribution in [1.82, 2.24) is 5.32 Å². The van der Waals surface area contributed by atoms with Crippen molar-refractivity contribution in [2.24, 2.45) is 5.41 Å². The van der Waals surface area contributed by atoms with Crippen LogP contribution >= 0.6 is 11.6 Å². The Balaban J connectivity index is 1.73. The van der Waals surface area contributed by atoms with E-state index in [9.17, 15) is 14.4 Å². The Kier molecular flexibility index (Phi) is 8.08. The quantitative estimate of drug-likeness (QED) is 0.400. The zero-order valence-electron chi connectivity index (χ0n) is 19.4. The molecule has 0 saturated carbocycles. The molecule has 0 spiro atoms. The summed E-state index contributed by atoms with van der Waals surface area (Å²) in [6, 6.07) is 22.4. The molecule has 1 unspecified atom stereocenters. The highest BCUT2D eigenvalue weighted by Crippen LogP contribution is 2.23. The molecule has 6 nitrogen and oxygen atoms in total. The molecule has 0 saturated heterocycles. The molecule has 0 heterocycles. The third-order valence-electron chi connectivity index (χ3n) is 5.10. The topological polar surface area (TPSA) is 87.3 Å². The van der Waals surface area contributed by atoms with E-state index in [0.717, 1.165) is 5.56 Å². The summed E-state index contributed by atoms with van der Waals surface area (Å²) in [7, 11) is 0. The summed E-state index contributed by atoms with van der Waals surface area (Å²) in [5.74, 6) is -0.769. The number of carbonyl (C=O) groups excluding carboxylic acids is 3. The Morgan fingerprint density at radius 1 is 0.824 bits per heavy atom. The first-order valence-corrected chi connectivity index (χ1v) is 11.3. The van der Waals surface area contributed by atoms with Crippen LogP contribution in [-0.2, 0) is 9.59 Å². The van der Waals surface area contributed by atoms with Crippen LogP contribution in [0.4, 0.5) is 11.4 Å². The summed E-state index contributed by atoms with van der Waals surface area (Å²) in [5.41, 5.74) is 1.73. The number of hydrogen-bond acceptors (Lipinski definition) is 3. The summed E-state index contributed by atoms with van der Waals surface area (Å²) in [6.45, 7) is 5.48. The van der Waals surface area contributed by atoms with E-state index in [2.05, 4.69) is 16.0 Å². The van der Waals surface area contributed by atoms with Crippen LogP contribution < -0.4 is 16.0 Å². The predicted molar refractivity (Wildman–Crippen MR) is 136 cm³/mol. The molecule has 3 aromatic carbocycles. The average molecular weight is 478 g/mol. The lowest BCUT2D eigenvalue weighted by Gasteiger charge is -2.20. The minimum Gasteiger partial charge on any atom is -0.345 e. The van der Waals surface area contributed by atoms with Gasteiger partial charge >= 0.3 is 0 Å². The predicted octanol–water partition coefficient (Wildman–Crippen LogP) is 5.82. The fourth-order valence-electron chi connectivity index (χ4n) is 3.21. The smallest absolute Gasteiger partial charge is 0.253 e. The van der Waals surface area contributed by atoms with E-state index in [4.69, 9.17) is 11.6 Å². The van der Waals surface area contributed by atoms with E-state index in [-0.39, 0.29) is 24.1 Å². The number of rotatable bonds is 7. The van der Waals surface area contributed by atoms with Crippen LogP contribution in [-0.4, -0.2) is 17.7 Å². The van der Waals surface area contributed by atoms with Gasteiger partial charge in [0.15, 0.2) is 0 Å². The molecule has 0 bridgehead atoms. The molecule has 176 valence electrons. The molecule has 34 heavy (non-hydrogen) atoms. The molecule has 0 aromatic heterocycles. The van der Waals surface area contributed by atoms with Gasteiger partial charge in [-0.1, -0.05) is 80.9 Å². The SMILES string of the molecule is CC(C)(C)C(=O)Nc1cccc(NC(=O)CC(NC(=O)c2ccccc2Cl)c2ccccc2)c1. The lowest BCUT2D eigenvalue weighted by molar-refractivity contribution is -0.123. The number of benzene rings is 3. The molecule has 0 fully saturated rings. The van der Waals surface area contributed by atoms with E-state index < -0.39 is 11.5 Å². The first-order chi connectivity index (χ1) is 16.1. The molecule has 1 atom stereocenters. The van der Waals surface area contributed by atoms with Gasteiger partial charge in [0.25, 0.3) is 5.91 Å². The summed E-state index contributed by atoms with van der Waals surface area (Å²) in [6.07, 6.45) is 0.0127. The van der Waals surface area contributed by atoms with Crippen molar-refractivity contribution >= 4 is 40.7 Å². The van der Waals surface area contributed by atoms with Crippen molar-refractivity contribution in [3.63, 3.8) is 0 Å². The van der Waals surface area contributed by atoms with Crippen LogP contribution in [0.3, 0.4) is 0 Å². The fourth-order valence-corrected chi connectivity index (χ4v) is 3.43. The van der Waals surface area contributed by atoms with Gasteiger partial charge in [-0.3, -0.25) is 14.4 Å². The molecule has 3 rings (SSSR count).